The van der Waals surface area contributed by atoms with Gasteiger partial charge in [0.25, 0.3) is 0 Å². The molecule has 6 nitrogen and oxygen atoms in total. The van der Waals surface area contributed by atoms with E-state index in [0.29, 0.717) is 30.6 Å². The van der Waals surface area contributed by atoms with Crippen LogP contribution in [0.4, 0.5) is 26.3 Å². The normalized spacial score (nSPS) is 16.9. The molecule has 0 fully saturated rings. The van der Waals surface area contributed by atoms with Crippen LogP contribution in [0.15, 0.2) is 59.4 Å². The molecule has 1 N–H and O–H groups in total. The largest absolute Gasteiger partial charge is 0.416 e. The summed E-state index contributed by atoms with van der Waals surface area (Å²) in [6.45, 7) is 0.721. The SMILES string of the molecule is FC(F)(F)c1ccc(CN2Cc3[nH]cnc3C[C@H]2c2nc(-c3ccc(C(F)(F)F)cc3)no2)cc1. The quantitative estimate of drug-likeness (QED) is 0.364. The van der Waals surface area contributed by atoms with Gasteiger partial charge in [-0.05, 0) is 29.8 Å². The minimum absolute atomic E-state index is 0.135. The van der Waals surface area contributed by atoms with Gasteiger partial charge in [0.1, 0.15) is 0 Å². The third kappa shape index (κ3) is 4.78. The van der Waals surface area contributed by atoms with Crippen LogP contribution in [-0.4, -0.2) is 25.0 Å². The molecular weight excluding hydrogens is 476 g/mol. The summed E-state index contributed by atoms with van der Waals surface area (Å²) in [4.78, 5) is 13.7. The summed E-state index contributed by atoms with van der Waals surface area (Å²) in [5.74, 6) is 0.372. The fourth-order valence-corrected chi connectivity index (χ4v) is 4.03. The molecule has 1 aliphatic heterocycles. The van der Waals surface area contributed by atoms with Gasteiger partial charge in [-0.1, -0.05) is 29.4 Å². The van der Waals surface area contributed by atoms with Crippen LogP contribution in [0.2, 0.25) is 0 Å². The number of halogens is 6. The van der Waals surface area contributed by atoms with Gasteiger partial charge in [-0.25, -0.2) is 4.98 Å². The molecule has 12 heteroatoms. The van der Waals surface area contributed by atoms with Crippen LogP contribution in [0.25, 0.3) is 11.4 Å². The van der Waals surface area contributed by atoms with E-state index in [1.54, 1.807) is 6.33 Å². The van der Waals surface area contributed by atoms with Gasteiger partial charge >= 0.3 is 12.4 Å². The zero-order valence-corrected chi connectivity index (χ0v) is 17.9. The van der Waals surface area contributed by atoms with E-state index in [1.807, 2.05) is 4.90 Å². The molecule has 0 radical (unpaired) electrons. The maximum absolute atomic E-state index is 12.9. The molecule has 0 amide bonds. The van der Waals surface area contributed by atoms with Crippen molar-refractivity contribution in [2.24, 2.45) is 0 Å². The molecule has 0 aliphatic carbocycles. The molecule has 2 aromatic heterocycles. The van der Waals surface area contributed by atoms with Crippen LogP contribution in [0, 0.1) is 0 Å². The molecule has 182 valence electrons. The molecule has 0 spiro atoms. The van der Waals surface area contributed by atoms with E-state index in [2.05, 4.69) is 20.1 Å². The Kier molecular flexibility index (Phi) is 5.62. The summed E-state index contributed by atoms with van der Waals surface area (Å²) in [6.07, 6.45) is -6.91. The second-order valence-corrected chi connectivity index (χ2v) is 8.18. The number of alkyl halides is 6. The van der Waals surface area contributed by atoms with Crippen LogP contribution in [0.1, 0.15) is 40.0 Å². The molecule has 5 rings (SSSR count). The molecule has 2 aromatic carbocycles. The van der Waals surface area contributed by atoms with Crippen molar-refractivity contribution in [3.63, 3.8) is 0 Å². The Bertz CT molecular complexity index is 1310. The second-order valence-electron chi connectivity index (χ2n) is 8.18. The van der Waals surface area contributed by atoms with E-state index in [4.69, 9.17) is 4.52 Å². The predicted octanol–water partition coefficient (Wildman–Crippen LogP) is 5.80. The lowest BCUT2D eigenvalue weighted by Crippen LogP contribution is -2.34. The fraction of sp³-hybridized carbons (Fsp3) is 0.261. The van der Waals surface area contributed by atoms with Crippen molar-refractivity contribution in [3.05, 3.63) is 88.8 Å². The number of fused-ring (bicyclic) bond motifs is 1. The van der Waals surface area contributed by atoms with E-state index >= 15 is 0 Å². The average Bonchev–Trinajstić information content (AvgIpc) is 3.47. The molecule has 0 unspecified atom stereocenters. The second kappa shape index (κ2) is 8.52. The Hall–Kier alpha value is -3.67. The van der Waals surface area contributed by atoms with Gasteiger partial charge in [0, 0.05) is 25.1 Å². The molecule has 0 bridgehead atoms. The summed E-state index contributed by atoms with van der Waals surface area (Å²) < 4.78 is 82.7. The number of rotatable bonds is 4. The van der Waals surface area contributed by atoms with Crippen LogP contribution in [0.3, 0.4) is 0 Å². The smallest absolute Gasteiger partial charge is 0.347 e. The maximum Gasteiger partial charge on any atom is 0.416 e. The van der Waals surface area contributed by atoms with Gasteiger partial charge in [0.15, 0.2) is 0 Å². The zero-order chi connectivity index (χ0) is 24.8. The topological polar surface area (TPSA) is 70.8 Å². The van der Waals surface area contributed by atoms with Crippen molar-refractivity contribution in [3.8, 4) is 11.4 Å². The molecule has 1 atom stereocenters. The van der Waals surface area contributed by atoms with E-state index < -0.39 is 29.5 Å². The fourth-order valence-electron chi connectivity index (χ4n) is 4.03. The summed E-state index contributed by atoms with van der Waals surface area (Å²) in [6, 6.07) is 8.90. The van der Waals surface area contributed by atoms with E-state index in [-0.39, 0.29) is 11.7 Å². The number of benzene rings is 2. The van der Waals surface area contributed by atoms with E-state index in [9.17, 15) is 26.3 Å². The third-order valence-corrected chi connectivity index (χ3v) is 5.86. The Balaban J connectivity index is 1.40. The number of imidazole rings is 1. The monoisotopic (exact) mass is 493 g/mol. The standard InChI is InChI=1S/C23H17F6N5O/c24-22(25,26)15-5-1-13(2-6-15)10-34-11-18-17(30-12-31-18)9-19(34)21-32-20(33-35-21)14-3-7-16(8-4-14)23(27,28)29/h1-8,12,19H,9-11H2,(H,30,31)/t19-/m0/s1. The van der Waals surface area contributed by atoms with Crippen molar-refractivity contribution >= 4 is 0 Å². The number of aromatic nitrogens is 4. The van der Waals surface area contributed by atoms with Crippen LogP contribution in [-0.2, 0) is 31.9 Å². The van der Waals surface area contributed by atoms with Crippen LogP contribution >= 0.6 is 0 Å². The first-order valence-corrected chi connectivity index (χ1v) is 10.5. The van der Waals surface area contributed by atoms with Crippen LogP contribution < -0.4 is 0 Å². The van der Waals surface area contributed by atoms with E-state index in [0.717, 1.165) is 35.7 Å². The van der Waals surface area contributed by atoms with Crippen molar-refractivity contribution in [2.45, 2.75) is 37.9 Å². The van der Waals surface area contributed by atoms with Crippen molar-refractivity contribution in [2.75, 3.05) is 0 Å². The predicted molar refractivity (Wildman–Crippen MR) is 110 cm³/mol. The van der Waals surface area contributed by atoms with Crippen molar-refractivity contribution < 1.29 is 30.9 Å². The first-order chi connectivity index (χ1) is 16.6. The molecular formula is C23H17F6N5O. The zero-order valence-electron chi connectivity index (χ0n) is 17.9. The van der Waals surface area contributed by atoms with E-state index in [1.165, 1.54) is 24.3 Å². The molecule has 4 aromatic rings. The van der Waals surface area contributed by atoms with Crippen molar-refractivity contribution in [1.82, 2.24) is 25.0 Å². The lowest BCUT2D eigenvalue weighted by molar-refractivity contribution is -0.138. The number of nitrogens with one attached hydrogen (secondary N) is 1. The number of hydrogen-bond acceptors (Lipinski definition) is 5. The highest BCUT2D eigenvalue weighted by Gasteiger charge is 2.34. The maximum atomic E-state index is 12.9. The highest BCUT2D eigenvalue weighted by atomic mass is 19.4. The Morgan fingerprint density at radius 1 is 0.914 bits per heavy atom. The van der Waals surface area contributed by atoms with Gasteiger partial charge in [-0.15, -0.1) is 0 Å². The molecule has 0 saturated heterocycles. The Morgan fingerprint density at radius 3 is 2.17 bits per heavy atom. The van der Waals surface area contributed by atoms with Gasteiger partial charge in [-0.3, -0.25) is 4.90 Å². The Labute approximate surface area is 194 Å². The average molecular weight is 493 g/mol. The number of nitrogens with zero attached hydrogens (tertiary/aromatic N) is 4. The number of aromatic amines is 1. The van der Waals surface area contributed by atoms with Gasteiger partial charge in [0.05, 0.1) is 34.9 Å². The molecule has 35 heavy (non-hydrogen) atoms. The Morgan fingerprint density at radius 2 is 1.54 bits per heavy atom. The van der Waals surface area contributed by atoms with Gasteiger partial charge < -0.3 is 9.51 Å². The summed E-state index contributed by atoms with van der Waals surface area (Å²) in [5, 5.41) is 3.93. The highest BCUT2D eigenvalue weighted by Crippen LogP contribution is 2.35. The first-order valence-electron chi connectivity index (χ1n) is 10.5. The lowest BCUT2D eigenvalue weighted by atomic mass is 10.0. The number of hydrogen-bond donors (Lipinski definition) is 1. The molecule has 0 saturated carbocycles. The number of H-pyrrole nitrogens is 1. The molecule has 3 heterocycles. The highest BCUT2D eigenvalue weighted by molar-refractivity contribution is 5.55. The summed E-state index contributed by atoms with van der Waals surface area (Å²) in [7, 11) is 0. The van der Waals surface area contributed by atoms with Crippen molar-refractivity contribution in [1.29, 1.82) is 0 Å². The van der Waals surface area contributed by atoms with Crippen LogP contribution in [0.5, 0.6) is 0 Å². The summed E-state index contributed by atoms with van der Waals surface area (Å²) >= 11 is 0. The first kappa shape index (κ1) is 23.1. The van der Waals surface area contributed by atoms with Gasteiger partial charge in [0.2, 0.25) is 11.7 Å². The minimum Gasteiger partial charge on any atom is -0.347 e. The molecule has 1 aliphatic rings. The lowest BCUT2D eigenvalue weighted by Gasteiger charge is -2.32. The van der Waals surface area contributed by atoms with Gasteiger partial charge in [-0.2, -0.15) is 31.3 Å². The third-order valence-electron chi connectivity index (χ3n) is 5.86. The minimum atomic E-state index is -4.46. The summed E-state index contributed by atoms with van der Waals surface area (Å²) in [5.41, 5.74) is 1.17.